The molecule has 138 valence electrons. The van der Waals surface area contributed by atoms with Crippen LogP contribution in [0.1, 0.15) is 59.3 Å². The molecule has 1 fully saturated rings. The zero-order valence-corrected chi connectivity index (χ0v) is 18.1. The van der Waals surface area contributed by atoms with Crippen LogP contribution in [0.25, 0.3) is 0 Å². The van der Waals surface area contributed by atoms with Gasteiger partial charge in [-0.2, -0.15) is 0 Å². The number of rotatable bonds is 9. The standard InChI is InChI=1S/C18H38N4.HI/c1-5-6-7-8-11-20-18(19-4)21-13-17-10-9-12-22(15-17)14-16(2)3;/h16-17H,5-15H2,1-4H3,(H2,19,20,21);1H. The van der Waals surface area contributed by atoms with Gasteiger partial charge in [0.15, 0.2) is 5.96 Å². The Kier molecular flexibility index (Phi) is 14.3. The molecule has 1 rings (SSSR count). The Balaban J connectivity index is 0.00000484. The predicted molar refractivity (Wildman–Crippen MR) is 113 cm³/mol. The van der Waals surface area contributed by atoms with Gasteiger partial charge in [0.2, 0.25) is 0 Å². The number of halogens is 1. The molecule has 1 aliphatic rings. The summed E-state index contributed by atoms with van der Waals surface area (Å²) in [6.45, 7) is 12.7. The van der Waals surface area contributed by atoms with Gasteiger partial charge in [-0.1, -0.05) is 40.0 Å². The number of nitrogens with zero attached hydrogens (tertiary/aromatic N) is 2. The highest BCUT2D eigenvalue weighted by Gasteiger charge is 2.20. The maximum Gasteiger partial charge on any atom is 0.190 e. The van der Waals surface area contributed by atoms with E-state index in [1.807, 2.05) is 7.05 Å². The van der Waals surface area contributed by atoms with Crippen LogP contribution in [0.15, 0.2) is 4.99 Å². The summed E-state index contributed by atoms with van der Waals surface area (Å²) < 4.78 is 0. The Hall–Kier alpha value is -0.0400. The van der Waals surface area contributed by atoms with Crippen LogP contribution >= 0.6 is 24.0 Å². The molecule has 1 atom stereocenters. The van der Waals surface area contributed by atoms with Crippen molar-refractivity contribution in [2.45, 2.75) is 59.3 Å². The highest BCUT2D eigenvalue weighted by atomic mass is 127. The molecule has 0 aromatic carbocycles. The Labute approximate surface area is 161 Å². The van der Waals surface area contributed by atoms with Gasteiger partial charge in [0.05, 0.1) is 0 Å². The van der Waals surface area contributed by atoms with Crippen molar-refractivity contribution in [3.8, 4) is 0 Å². The number of aliphatic imine (C=N–C) groups is 1. The first kappa shape index (κ1) is 23.0. The average Bonchev–Trinajstić information content (AvgIpc) is 2.50. The number of guanidine groups is 1. The summed E-state index contributed by atoms with van der Waals surface area (Å²) in [5.74, 6) is 2.49. The normalized spacial score (nSPS) is 19.5. The third-order valence-corrected chi connectivity index (χ3v) is 4.33. The van der Waals surface area contributed by atoms with E-state index in [9.17, 15) is 0 Å². The molecule has 1 heterocycles. The first-order valence-corrected chi connectivity index (χ1v) is 9.32. The number of likely N-dealkylation sites (tertiary alicyclic amines) is 1. The molecule has 0 radical (unpaired) electrons. The molecule has 4 nitrogen and oxygen atoms in total. The van der Waals surface area contributed by atoms with Crippen molar-refractivity contribution in [3.05, 3.63) is 0 Å². The van der Waals surface area contributed by atoms with Gasteiger partial charge < -0.3 is 15.5 Å². The first-order chi connectivity index (χ1) is 10.7. The van der Waals surface area contributed by atoms with Crippen LogP contribution in [-0.2, 0) is 0 Å². The lowest BCUT2D eigenvalue weighted by molar-refractivity contribution is 0.159. The van der Waals surface area contributed by atoms with Crippen LogP contribution in [0.4, 0.5) is 0 Å². The number of hydrogen-bond acceptors (Lipinski definition) is 2. The molecule has 0 aromatic rings. The Morgan fingerprint density at radius 2 is 2.00 bits per heavy atom. The third-order valence-electron chi connectivity index (χ3n) is 4.33. The molecule has 2 N–H and O–H groups in total. The second-order valence-corrected chi connectivity index (χ2v) is 7.10. The van der Waals surface area contributed by atoms with Gasteiger partial charge in [-0.05, 0) is 37.6 Å². The van der Waals surface area contributed by atoms with E-state index in [-0.39, 0.29) is 24.0 Å². The van der Waals surface area contributed by atoms with E-state index >= 15 is 0 Å². The van der Waals surface area contributed by atoms with Crippen LogP contribution in [-0.4, -0.2) is 50.6 Å². The molecular formula is C18H39IN4. The molecule has 5 heteroatoms. The minimum absolute atomic E-state index is 0. The Morgan fingerprint density at radius 3 is 2.65 bits per heavy atom. The predicted octanol–water partition coefficient (Wildman–Crippen LogP) is 3.72. The summed E-state index contributed by atoms with van der Waals surface area (Å²) in [6.07, 6.45) is 7.85. The zero-order chi connectivity index (χ0) is 16.2. The van der Waals surface area contributed by atoms with E-state index < -0.39 is 0 Å². The summed E-state index contributed by atoms with van der Waals surface area (Å²) in [6, 6.07) is 0. The van der Waals surface area contributed by atoms with E-state index in [2.05, 4.69) is 41.3 Å². The summed E-state index contributed by atoms with van der Waals surface area (Å²) in [5.41, 5.74) is 0. The molecule has 1 unspecified atom stereocenters. The van der Waals surface area contributed by atoms with Crippen LogP contribution < -0.4 is 10.6 Å². The van der Waals surface area contributed by atoms with Crippen molar-refractivity contribution in [1.82, 2.24) is 15.5 Å². The lowest BCUT2D eigenvalue weighted by Gasteiger charge is -2.34. The molecule has 0 spiro atoms. The second-order valence-electron chi connectivity index (χ2n) is 7.10. The van der Waals surface area contributed by atoms with Crippen molar-refractivity contribution in [2.24, 2.45) is 16.8 Å². The van der Waals surface area contributed by atoms with E-state index in [0.717, 1.165) is 30.9 Å². The molecular weight excluding hydrogens is 399 g/mol. The monoisotopic (exact) mass is 438 g/mol. The van der Waals surface area contributed by atoms with Crippen molar-refractivity contribution in [3.63, 3.8) is 0 Å². The summed E-state index contributed by atoms with van der Waals surface area (Å²) in [7, 11) is 1.87. The fourth-order valence-corrected chi connectivity index (χ4v) is 3.22. The van der Waals surface area contributed by atoms with Crippen molar-refractivity contribution < 1.29 is 0 Å². The molecule has 0 aromatic heterocycles. The van der Waals surface area contributed by atoms with E-state index in [1.54, 1.807) is 0 Å². The zero-order valence-electron chi connectivity index (χ0n) is 15.7. The molecule has 23 heavy (non-hydrogen) atoms. The lowest BCUT2D eigenvalue weighted by Crippen LogP contribution is -2.45. The van der Waals surface area contributed by atoms with Gasteiger partial charge in [0.25, 0.3) is 0 Å². The summed E-state index contributed by atoms with van der Waals surface area (Å²) in [5, 5.41) is 6.95. The molecule has 1 aliphatic heterocycles. The second kappa shape index (κ2) is 14.3. The van der Waals surface area contributed by atoms with E-state index in [0.29, 0.717) is 0 Å². The van der Waals surface area contributed by atoms with Crippen LogP contribution in [0.5, 0.6) is 0 Å². The quantitative estimate of drug-likeness (QED) is 0.250. The van der Waals surface area contributed by atoms with Gasteiger partial charge in [0, 0.05) is 33.2 Å². The van der Waals surface area contributed by atoms with Crippen LogP contribution in [0.2, 0.25) is 0 Å². The fourth-order valence-electron chi connectivity index (χ4n) is 3.22. The van der Waals surface area contributed by atoms with Gasteiger partial charge in [0.1, 0.15) is 0 Å². The van der Waals surface area contributed by atoms with Gasteiger partial charge >= 0.3 is 0 Å². The van der Waals surface area contributed by atoms with Gasteiger partial charge in [-0.3, -0.25) is 4.99 Å². The highest BCUT2D eigenvalue weighted by Crippen LogP contribution is 2.16. The summed E-state index contributed by atoms with van der Waals surface area (Å²) >= 11 is 0. The minimum Gasteiger partial charge on any atom is -0.356 e. The van der Waals surface area contributed by atoms with Crippen molar-refractivity contribution >= 4 is 29.9 Å². The fraction of sp³-hybridized carbons (Fsp3) is 0.944. The largest absolute Gasteiger partial charge is 0.356 e. The number of nitrogens with one attached hydrogen (secondary N) is 2. The lowest BCUT2D eigenvalue weighted by atomic mass is 9.97. The van der Waals surface area contributed by atoms with Crippen LogP contribution in [0.3, 0.4) is 0 Å². The van der Waals surface area contributed by atoms with E-state index in [1.165, 1.54) is 58.2 Å². The SMILES string of the molecule is CCCCCCNC(=NC)NCC1CCCN(CC(C)C)C1.I. The topological polar surface area (TPSA) is 39.7 Å². The maximum atomic E-state index is 4.34. The smallest absolute Gasteiger partial charge is 0.190 e. The molecule has 0 amide bonds. The van der Waals surface area contributed by atoms with Gasteiger partial charge in [-0.15, -0.1) is 24.0 Å². The number of hydrogen-bond donors (Lipinski definition) is 2. The maximum absolute atomic E-state index is 4.34. The molecule has 0 bridgehead atoms. The number of unbranched alkanes of at least 4 members (excludes halogenated alkanes) is 3. The molecule has 0 saturated carbocycles. The Bertz CT molecular complexity index is 307. The molecule has 1 saturated heterocycles. The Morgan fingerprint density at radius 1 is 1.22 bits per heavy atom. The number of piperidine rings is 1. The highest BCUT2D eigenvalue weighted by molar-refractivity contribution is 14.0. The minimum atomic E-state index is 0. The van der Waals surface area contributed by atoms with E-state index in [4.69, 9.17) is 0 Å². The van der Waals surface area contributed by atoms with Crippen LogP contribution in [0, 0.1) is 11.8 Å². The summed E-state index contributed by atoms with van der Waals surface area (Å²) in [4.78, 5) is 6.96. The van der Waals surface area contributed by atoms with Crippen molar-refractivity contribution in [1.29, 1.82) is 0 Å². The molecule has 0 aliphatic carbocycles. The average molecular weight is 438 g/mol. The van der Waals surface area contributed by atoms with Crippen molar-refractivity contribution in [2.75, 3.05) is 39.8 Å². The third kappa shape index (κ3) is 11.2. The first-order valence-electron chi connectivity index (χ1n) is 9.32. The van der Waals surface area contributed by atoms with Gasteiger partial charge in [-0.25, -0.2) is 0 Å².